The standard InChI is InChI=1S/C26H20N2O6/c1-14-11-15(2)24-19(12-14)20(13-22(29)34-24)25-23(18-5-3-4-6-21(18)33-25)27-26(30)16-7-9-17(10-8-16)28(31)32/h3-13,28,31H,1-2H3,(H,27,30). The number of carbonyl (C=O) groups excluding carboxylic acids is 1. The van der Waals surface area contributed by atoms with Gasteiger partial charge >= 0.3 is 5.63 Å². The van der Waals surface area contributed by atoms with E-state index in [-0.39, 0.29) is 11.3 Å². The Morgan fingerprint density at radius 2 is 1.71 bits per heavy atom. The Morgan fingerprint density at radius 1 is 0.971 bits per heavy atom. The van der Waals surface area contributed by atoms with Crippen molar-refractivity contribution in [2.45, 2.75) is 13.8 Å². The molecule has 0 saturated heterocycles. The van der Waals surface area contributed by atoms with Gasteiger partial charge in [-0.1, -0.05) is 18.2 Å². The third-order valence-electron chi connectivity index (χ3n) is 5.65. The third-order valence-corrected chi connectivity index (χ3v) is 5.65. The number of nitrogens with one attached hydrogen (secondary N) is 2. The molecule has 0 bridgehead atoms. The van der Waals surface area contributed by atoms with Crippen molar-refractivity contribution >= 4 is 39.2 Å². The maximum absolute atomic E-state index is 13.1. The number of amides is 1. The van der Waals surface area contributed by atoms with Gasteiger partial charge in [-0.3, -0.25) is 4.79 Å². The summed E-state index contributed by atoms with van der Waals surface area (Å²) in [5, 5.41) is 23.4. The van der Waals surface area contributed by atoms with E-state index in [1.807, 2.05) is 44.2 Å². The molecule has 3 N–H and O–H groups in total. The summed E-state index contributed by atoms with van der Waals surface area (Å²) in [7, 11) is 0. The first-order valence-corrected chi connectivity index (χ1v) is 10.5. The van der Waals surface area contributed by atoms with Crippen molar-refractivity contribution in [2.24, 2.45) is 0 Å². The molecule has 8 nitrogen and oxygen atoms in total. The van der Waals surface area contributed by atoms with Gasteiger partial charge in [0.15, 0.2) is 11.4 Å². The summed E-state index contributed by atoms with van der Waals surface area (Å²) in [5.41, 5.74) is 3.55. The Labute approximate surface area is 193 Å². The lowest BCUT2D eigenvalue weighted by Gasteiger charge is -2.12. The topological polar surface area (TPSA) is 120 Å². The highest BCUT2D eigenvalue weighted by molar-refractivity contribution is 6.13. The van der Waals surface area contributed by atoms with Crippen LogP contribution in [0, 0.1) is 19.1 Å². The molecule has 8 heteroatoms. The molecular formula is C26H20N2O6. The summed E-state index contributed by atoms with van der Waals surface area (Å²) in [6.45, 7) is 3.81. The number of fused-ring (bicyclic) bond motifs is 2. The highest BCUT2D eigenvalue weighted by Crippen LogP contribution is 2.41. The number of carbonyl (C=O) groups is 1. The van der Waals surface area contributed by atoms with E-state index in [1.54, 1.807) is 6.07 Å². The second-order valence-electron chi connectivity index (χ2n) is 8.08. The number of anilines is 1. The molecule has 5 aromatic rings. The Hall–Kier alpha value is -4.24. The quantitative estimate of drug-likeness (QED) is 0.271. The molecule has 3 aromatic carbocycles. The van der Waals surface area contributed by atoms with Gasteiger partial charge in [0.1, 0.15) is 11.2 Å². The Kier molecular flexibility index (Phi) is 5.25. The molecule has 34 heavy (non-hydrogen) atoms. The molecule has 0 aliphatic rings. The minimum absolute atomic E-state index is 0.0826. The molecule has 0 radical (unpaired) electrons. The molecule has 2 aromatic heterocycles. The highest BCUT2D eigenvalue weighted by Gasteiger charge is 2.22. The van der Waals surface area contributed by atoms with Crippen LogP contribution in [-0.4, -0.2) is 11.1 Å². The summed E-state index contributed by atoms with van der Waals surface area (Å²) in [5.74, 6) is -0.107. The molecule has 1 unspecified atom stereocenters. The van der Waals surface area contributed by atoms with E-state index in [0.29, 0.717) is 38.9 Å². The van der Waals surface area contributed by atoms with Crippen LogP contribution >= 0.6 is 0 Å². The molecule has 0 aliphatic carbocycles. The van der Waals surface area contributed by atoms with Gasteiger partial charge in [0.2, 0.25) is 0 Å². The van der Waals surface area contributed by atoms with Crippen LogP contribution in [-0.2, 0) is 0 Å². The fourth-order valence-corrected chi connectivity index (χ4v) is 4.11. The molecule has 0 fully saturated rings. The summed E-state index contributed by atoms with van der Waals surface area (Å²) in [4.78, 5) is 25.5. The van der Waals surface area contributed by atoms with Gasteiger partial charge in [0.05, 0.1) is 5.69 Å². The van der Waals surface area contributed by atoms with Crippen molar-refractivity contribution in [1.82, 2.24) is 0 Å². The van der Waals surface area contributed by atoms with Crippen molar-refractivity contribution in [2.75, 3.05) is 5.32 Å². The number of aryl methyl sites for hydroxylation is 2. The van der Waals surface area contributed by atoms with Crippen LogP contribution in [0.15, 0.2) is 80.4 Å². The van der Waals surface area contributed by atoms with Crippen molar-refractivity contribution in [3.8, 4) is 11.3 Å². The smallest absolute Gasteiger partial charge is 0.336 e. The number of hydrogen-bond donors (Lipinski definition) is 3. The first-order chi connectivity index (χ1) is 16.3. The molecule has 0 spiro atoms. The Bertz CT molecular complexity index is 1610. The van der Waals surface area contributed by atoms with Crippen molar-refractivity contribution in [1.29, 1.82) is 0 Å². The number of benzene rings is 3. The van der Waals surface area contributed by atoms with E-state index >= 15 is 0 Å². The van der Waals surface area contributed by atoms with Crippen LogP contribution in [0.1, 0.15) is 21.5 Å². The maximum atomic E-state index is 13.1. The van der Waals surface area contributed by atoms with Crippen molar-refractivity contribution in [3.05, 3.63) is 99.0 Å². The molecule has 0 aliphatic heterocycles. The summed E-state index contributed by atoms with van der Waals surface area (Å²) in [6.07, 6.45) is 0. The van der Waals surface area contributed by atoms with Gasteiger partial charge in [0.25, 0.3) is 5.91 Å². The van der Waals surface area contributed by atoms with Gasteiger partial charge < -0.3 is 19.4 Å². The van der Waals surface area contributed by atoms with Gasteiger partial charge in [0, 0.05) is 40.1 Å². The van der Waals surface area contributed by atoms with Gasteiger partial charge in [-0.2, -0.15) is 5.23 Å². The highest BCUT2D eigenvalue weighted by atomic mass is 16.8. The Morgan fingerprint density at radius 3 is 2.44 bits per heavy atom. The van der Waals surface area contributed by atoms with Crippen LogP contribution in [0.25, 0.3) is 33.3 Å². The van der Waals surface area contributed by atoms with Crippen LogP contribution in [0.2, 0.25) is 0 Å². The van der Waals surface area contributed by atoms with E-state index < -0.39 is 16.8 Å². The lowest BCUT2D eigenvalue weighted by atomic mass is 10.0. The summed E-state index contributed by atoms with van der Waals surface area (Å²) < 4.78 is 11.6. The fraction of sp³-hybridized carbons (Fsp3) is 0.0769. The zero-order valence-corrected chi connectivity index (χ0v) is 18.3. The lowest BCUT2D eigenvalue weighted by molar-refractivity contribution is -0.991. The first kappa shape index (κ1) is 21.6. The van der Waals surface area contributed by atoms with E-state index in [0.717, 1.165) is 11.1 Å². The summed E-state index contributed by atoms with van der Waals surface area (Å²) >= 11 is 0. The first-order valence-electron chi connectivity index (χ1n) is 10.5. The molecule has 1 atom stereocenters. The predicted molar refractivity (Wildman–Crippen MR) is 127 cm³/mol. The van der Waals surface area contributed by atoms with Crippen molar-refractivity contribution in [3.63, 3.8) is 0 Å². The largest absolute Gasteiger partial charge is 0.595 e. The SMILES string of the molecule is Cc1cc(C)c2oc(=O)cc(-c3oc4ccccc4c3NC(=O)c3ccc([NH+]([O-])O)cc3)c2c1. The maximum Gasteiger partial charge on any atom is 0.336 e. The second kappa shape index (κ2) is 8.27. The van der Waals surface area contributed by atoms with E-state index in [2.05, 4.69) is 5.32 Å². The molecule has 2 heterocycles. The average Bonchev–Trinajstić information content (AvgIpc) is 3.17. The van der Waals surface area contributed by atoms with Crippen molar-refractivity contribution < 1.29 is 24.1 Å². The molecule has 0 saturated carbocycles. The molecule has 5 rings (SSSR count). The van der Waals surface area contributed by atoms with E-state index in [4.69, 9.17) is 14.0 Å². The third kappa shape index (κ3) is 3.75. The van der Waals surface area contributed by atoms with Crippen LogP contribution in [0.3, 0.4) is 0 Å². The van der Waals surface area contributed by atoms with Gasteiger partial charge in [-0.05, 0) is 55.3 Å². The van der Waals surface area contributed by atoms with Gasteiger partial charge in [-0.25, -0.2) is 10.0 Å². The normalized spacial score (nSPS) is 12.2. The number of furan rings is 1. The number of rotatable bonds is 4. The second-order valence-corrected chi connectivity index (χ2v) is 8.08. The molecular weight excluding hydrogens is 436 g/mol. The van der Waals surface area contributed by atoms with Crippen LogP contribution in [0.4, 0.5) is 11.4 Å². The minimum atomic E-state index is -1.07. The zero-order chi connectivity index (χ0) is 24.0. The minimum Gasteiger partial charge on any atom is -0.595 e. The van der Waals surface area contributed by atoms with Crippen LogP contribution < -0.4 is 16.2 Å². The number of quaternary nitrogens is 1. The van der Waals surface area contributed by atoms with Gasteiger partial charge in [-0.15, -0.1) is 0 Å². The van der Waals surface area contributed by atoms with E-state index in [1.165, 1.54) is 30.3 Å². The average molecular weight is 456 g/mol. The number of hydrogen-bond acceptors (Lipinski definition) is 6. The predicted octanol–water partition coefficient (Wildman–Crippen LogP) is 4.48. The van der Waals surface area contributed by atoms with E-state index in [9.17, 15) is 14.8 Å². The lowest BCUT2D eigenvalue weighted by Crippen LogP contribution is -2.99. The monoisotopic (exact) mass is 456 g/mol. The Balaban J connectivity index is 1.69. The molecule has 1 amide bonds. The summed E-state index contributed by atoms with van der Waals surface area (Å²) in [6, 6.07) is 18.1. The molecule has 170 valence electrons. The zero-order valence-electron chi connectivity index (χ0n) is 18.3. The number of para-hydroxylation sites is 1. The van der Waals surface area contributed by atoms with Crippen LogP contribution in [0.5, 0.6) is 0 Å². The fourth-order valence-electron chi connectivity index (χ4n) is 4.11.